The van der Waals surface area contributed by atoms with Crippen molar-refractivity contribution in [3.63, 3.8) is 0 Å². The number of benzene rings is 10. The molecular formula is C52H31NS. The highest BCUT2D eigenvalue weighted by atomic mass is 32.1. The fourth-order valence-corrected chi connectivity index (χ4v) is 10.5. The molecule has 10 aromatic carbocycles. The van der Waals surface area contributed by atoms with E-state index >= 15 is 0 Å². The summed E-state index contributed by atoms with van der Waals surface area (Å²) in [5.41, 5.74) is 8.66. The monoisotopic (exact) mass is 701 g/mol. The lowest BCUT2D eigenvalue weighted by Gasteiger charge is -2.18. The molecule has 2 heterocycles. The fraction of sp³-hybridized carbons (Fsp3) is 0. The van der Waals surface area contributed by atoms with Crippen molar-refractivity contribution in [1.82, 2.24) is 4.57 Å². The molecule has 54 heavy (non-hydrogen) atoms. The second-order valence-corrected chi connectivity index (χ2v) is 15.4. The van der Waals surface area contributed by atoms with Crippen molar-refractivity contribution in [2.45, 2.75) is 0 Å². The topological polar surface area (TPSA) is 4.93 Å². The van der Waals surface area contributed by atoms with Gasteiger partial charge in [0.25, 0.3) is 0 Å². The minimum Gasteiger partial charge on any atom is -0.309 e. The van der Waals surface area contributed by atoms with Crippen LogP contribution in [0.3, 0.4) is 0 Å². The molecule has 0 spiro atoms. The summed E-state index contributed by atoms with van der Waals surface area (Å²) in [7, 11) is 0. The van der Waals surface area contributed by atoms with Gasteiger partial charge in [-0.3, -0.25) is 0 Å². The van der Waals surface area contributed by atoms with Gasteiger partial charge >= 0.3 is 0 Å². The van der Waals surface area contributed by atoms with E-state index in [1.54, 1.807) is 0 Å². The summed E-state index contributed by atoms with van der Waals surface area (Å²) in [6.45, 7) is 0. The Kier molecular flexibility index (Phi) is 6.28. The number of hydrogen-bond donors (Lipinski definition) is 0. The molecule has 0 aliphatic rings. The van der Waals surface area contributed by atoms with Crippen LogP contribution in [0.4, 0.5) is 0 Å². The van der Waals surface area contributed by atoms with Crippen LogP contribution >= 0.6 is 11.3 Å². The molecule has 2 heteroatoms. The molecule has 250 valence electrons. The van der Waals surface area contributed by atoms with Crippen molar-refractivity contribution < 1.29 is 0 Å². The first kappa shape index (κ1) is 29.8. The Balaban J connectivity index is 1.14. The highest BCUT2D eigenvalue weighted by molar-refractivity contribution is 7.27. The molecule has 0 fully saturated rings. The number of rotatable bonds is 3. The number of thiophene rings is 1. The molecule has 12 aromatic rings. The smallest absolute Gasteiger partial charge is 0.0541 e. The van der Waals surface area contributed by atoms with Crippen molar-refractivity contribution in [1.29, 1.82) is 0 Å². The Morgan fingerprint density at radius 1 is 0.315 bits per heavy atom. The highest BCUT2D eigenvalue weighted by Gasteiger charge is 2.20. The van der Waals surface area contributed by atoms with Gasteiger partial charge in [-0.25, -0.2) is 0 Å². The molecule has 0 aliphatic heterocycles. The van der Waals surface area contributed by atoms with E-state index in [2.05, 4.69) is 193 Å². The lowest BCUT2D eigenvalue weighted by Crippen LogP contribution is -1.93. The first-order valence-corrected chi connectivity index (χ1v) is 19.4. The minimum absolute atomic E-state index is 1.17. The molecular weight excluding hydrogens is 671 g/mol. The summed E-state index contributed by atoms with van der Waals surface area (Å²) in [5.74, 6) is 0. The summed E-state index contributed by atoms with van der Waals surface area (Å²) in [6.07, 6.45) is 0. The van der Waals surface area contributed by atoms with Crippen LogP contribution in [0.2, 0.25) is 0 Å². The lowest BCUT2D eigenvalue weighted by atomic mass is 9.85. The first-order chi connectivity index (χ1) is 26.8. The van der Waals surface area contributed by atoms with E-state index in [1.165, 1.54) is 113 Å². The molecule has 2 aromatic heterocycles. The molecule has 0 saturated carbocycles. The summed E-state index contributed by atoms with van der Waals surface area (Å²) in [4.78, 5) is 0. The summed E-state index contributed by atoms with van der Waals surface area (Å²) >= 11 is 1.92. The zero-order chi connectivity index (χ0) is 35.3. The number of aromatic nitrogens is 1. The molecule has 0 radical (unpaired) electrons. The Hall–Kier alpha value is -6.74. The maximum Gasteiger partial charge on any atom is 0.0541 e. The van der Waals surface area contributed by atoms with Crippen LogP contribution in [0.15, 0.2) is 188 Å². The van der Waals surface area contributed by atoms with Crippen LogP contribution in [-0.2, 0) is 0 Å². The van der Waals surface area contributed by atoms with Gasteiger partial charge in [0.15, 0.2) is 0 Å². The Morgan fingerprint density at radius 2 is 0.778 bits per heavy atom. The lowest BCUT2D eigenvalue weighted by molar-refractivity contribution is 1.18. The third kappa shape index (κ3) is 4.14. The van der Waals surface area contributed by atoms with E-state index in [0.29, 0.717) is 0 Å². The average Bonchev–Trinajstić information content (AvgIpc) is 3.79. The van der Waals surface area contributed by atoms with Gasteiger partial charge in [-0.2, -0.15) is 0 Å². The zero-order valence-corrected chi connectivity index (χ0v) is 30.1. The Morgan fingerprint density at radius 3 is 1.43 bits per heavy atom. The van der Waals surface area contributed by atoms with Gasteiger partial charge in [-0.05, 0) is 102 Å². The zero-order valence-electron chi connectivity index (χ0n) is 29.3. The van der Waals surface area contributed by atoms with Crippen LogP contribution in [0.1, 0.15) is 0 Å². The maximum atomic E-state index is 2.47. The number of para-hydroxylation sites is 2. The first-order valence-electron chi connectivity index (χ1n) is 18.6. The summed E-state index contributed by atoms with van der Waals surface area (Å²) in [6, 6.07) is 69.6. The maximum absolute atomic E-state index is 2.47. The third-order valence-corrected chi connectivity index (χ3v) is 12.7. The second kappa shape index (κ2) is 11.4. The predicted octanol–water partition coefficient (Wildman–Crippen LogP) is 15.1. The molecule has 0 N–H and O–H groups in total. The van der Waals surface area contributed by atoms with Gasteiger partial charge in [0.05, 0.1) is 11.0 Å². The van der Waals surface area contributed by atoms with Gasteiger partial charge in [-0.15, -0.1) is 11.3 Å². The average molecular weight is 702 g/mol. The van der Waals surface area contributed by atoms with E-state index in [-0.39, 0.29) is 0 Å². The van der Waals surface area contributed by atoms with Crippen LogP contribution < -0.4 is 0 Å². The van der Waals surface area contributed by atoms with Crippen molar-refractivity contribution in [3.8, 4) is 27.9 Å². The van der Waals surface area contributed by atoms with Crippen molar-refractivity contribution >= 4 is 96.4 Å². The Bertz CT molecular complexity index is 3440. The van der Waals surface area contributed by atoms with Crippen molar-refractivity contribution in [3.05, 3.63) is 188 Å². The third-order valence-electron chi connectivity index (χ3n) is 11.5. The van der Waals surface area contributed by atoms with Gasteiger partial charge in [-0.1, -0.05) is 146 Å². The molecule has 0 unspecified atom stereocenters. The van der Waals surface area contributed by atoms with E-state index in [1.807, 2.05) is 11.3 Å². The molecule has 0 bridgehead atoms. The number of hydrogen-bond acceptors (Lipinski definition) is 1. The quantitative estimate of drug-likeness (QED) is 0.128. The van der Waals surface area contributed by atoms with E-state index in [9.17, 15) is 0 Å². The van der Waals surface area contributed by atoms with Crippen LogP contribution in [0, 0.1) is 0 Å². The molecule has 1 nitrogen and oxygen atoms in total. The molecule has 0 saturated heterocycles. The summed E-state index contributed by atoms with van der Waals surface area (Å²) in [5, 5.41) is 15.6. The van der Waals surface area contributed by atoms with Gasteiger partial charge in [0, 0.05) is 42.0 Å². The van der Waals surface area contributed by atoms with Crippen LogP contribution in [-0.4, -0.2) is 4.57 Å². The fourth-order valence-electron chi connectivity index (χ4n) is 9.30. The largest absolute Gasteiger partial charge is 0.309 e. The van der Waals surface area contributed by atoms with E-state index < -0.39 is 0 Å². The van der Waals surface area contributed by atoms with Gasteiger partial charge < -0.3 is 4.57 Å². The summed E-state index contributed by atoms with van der Waals surface area (Å²) < 4.78 is 5.08. The molecule has 0 amide bonds. The number of fused-ring (bicyclic) bond motifs is 13. The number of nitrogens with zero attached hydrogens (tertiary/aromatic N) is 1. The molecule has 12 rings (SSSR count). The standard InChI is InChI=1S/C52H31NS/c1-2-14-34(15-3-1)53-46-25-13-12-18-37(46)44-30-32(26-28-47(44)53)49-39-20-7-9-22-41(39)50(42-23-10-8-21-40(42)49)33-27-29-48-45(31-33)51-38-19-6-4-16-35(38)36-17-5-11-24-43(36)52(51)54-48/h1-31H. The SMILES string of the molecule is c1ccc(-n2c3ccccc3c3cc(-c4c5ccccc5c(-c5ccc6sc7c8ccccc8c8ccccc8c7c6c5)c5ccccc45)ccc32)cc1. The molecule has 0 atom stereocenters. The van der Waals surface area contributed by atoms with Gasteiger partial charge in [0.1, 0.15) is 0 Å². The highest BCUT2D eigenvalue weighted by Crippen LogP contribution is 2.48. The van der Waals surface area contributed by atoms with Crippen LogP contribution in [0.5, 0.6) is 0 Å². The van der Waals surface area contributed by atoms with Crippen molar-refractivity contribution in [2.75, 3.05) is 0 Å². The van der Waals surface area contributed by atoms with E-state index in [4.69, 9.17) is 0 Å². The Labute approximate surface area is 315 Å². The van der Waals surface area contributed by atoms with E-state index in [0.717, 1.165) is 0 Å². The minimum atomic E-state index is 1.17. The predicted molar refractivity (Wildman–Crippen MR) is 235 cm³/mol. The second-order valence-electron chi connectivity index (χ2n) is 14.4. The van der Waals surface area contributed by atoms with Gasteiger partial charge in [0.2, 0.25) is 0 Å². The normalized spacial score (nSPS) is 12.1. The molecule has 0 aliphatic carbocycles. The van der Waals surface area contributed by atoms with Crippen molar-refractivity contribution in [2.24, 2.45) is 0 Å². The van der Waals surface area contributed by atoms with Crippen LogP contribution in [0.25, 0.3) is 113 Å².